The number of carbonyl (C=O) groups is 1. The van der Waals surface area contributed by atoms with Crippen molar-refractivity contribution < 1.29 is 18.8 Å². The van der Waals surface area contributed by atoms with Gasteiger partial charge in [-0.2, -0.15) is 0 Å². The second kappa shape index (κ2) is 11.1. The molecule has 0 spiro atoms. The van der Waals surface area contributed by atoms with E-state index >= 15 is 0 Å². The maximum atomic E-state index is 11.5. The predicted molar refractivity (Wildman–Crippen MR) is 125 cm³/mol. The van der Waals surface area contributed by atoms with Crippen molar-refractivity contribution in [3.63, 3.8) is 0 Å². The number of carboxylic acids is 1. The van der Waals surface area contributed by atoms with Crippen LogP contribution in [0.2, 0.25) is 36.3 Å². The van der Waals surface area contributed by atoms with Crippen LogP contribution < -0.4 is 0 Å². The number of rotatable bonds is 14. The van der Waals surface area contributed by atoms with Gasteiger partial charge in [-0.1, -0.05) is 47.6 Å². The number of hydrogen-bond donors (Lipinski definition) is 1. The topological polar surface area (TPSA) is 55.8 Å². The Hall–Kier alpha value is -0.436. The molecule has 1 unspecified atom stereocenters. The van der Waals surface area contributed by atoms with E-state index in [-0.39, 0.29) is 23.2 Å². The Morgan fingerprint density at radius 1 is 1.11 bits per heavy atom. The summed E-state index contributed by atoms with van der Waals surface area (Å²) in [7, 11) is -3.80. The monoisotopic (exact) mass is 430 g/mol. The van der Waals surface area contributed by atoms with E-state index in [2.05, 4.69) is 68.1 Å². The van der Waals surface area contributed by atoms with Crippen LogP contribution in [0.25, 0.3) is 0 Å². The molecule has 0 saturated heterocycles. The predicted octanol–water partition coefficient (Wildman–Crippen LogP) is 6.99. The summed E-state index contributed by atoms with van der Waals surface area (Å²) in [6.45, 7) is 23.7. The minimum Gasteiger partial charge on any atom is -0.481 e. The minimum absolute atomic E-state index is 0.0502. The number of aliphatic carboxylic acids is 1. The van der Waals surface area contributed by atoms with Gasteiger partial charge in [0, 0.05) is 0 Å². The molecule has 0 aliphatic rings. The number of hydrogen-bond acceptors (Lipinski definition) is 3. The molecule has 0 rings (SSSR count). The van der Waals surface area contributed by atoms with Gasteiger partial charge in [0.15, 0.2) is 16.6 Å². The van der Waals surface area contributed by atoms with Crippen LogP contribution in [0.15, 0.2) is 12.7 Å². The Bertz CT molecular complexity index is 487. The largest absolute Gasteiger partial charge is 0.481 e. The lowest BCUT2D eigenvalue weighted by atomic mass is 9.94. The molecule has 0 aromatic heterocycles. The van der Waals surface area contributed by atoms with Gasteiger partial charge in [-0.15, -0.1) is 6.58 Å². The molecule has 2 atom stereocenters. The van der Waals surface area contributed by atoms with Gasteiger partial charge in [0.25, 0.3) is 0 Å². The zero-order valence-corrected chi connectivity index (χ0v) is 22.0. The van der Waals surface area contributed by atoms with Crippen LogP contribution in [0, 0.1) is 0 Å². The van der Waals surface area contributed by atoms with Gasteiger partial charge in [0.1, 0.15) is 0 Å². The lowest BCUT2D eigenvalue weighted by Gasteiger charge is -2.42. The van der Waals surface area contributed by atoms with Crippen molar-refractivity contribution in [3.05, 3.63) is 12.7 Å². The van der Waals surface area contributed by atoms with E-state index in [0.717, 1.165) is 31.0 Å². The van der Waals surface area contributed by atoms with Gasteiger partial charge >= 0.3 is 5.97 Å². The standard InChI is InChI=1S/C22H46O4Si2/c1-11-16-22(8,26-28(12-2,13-3)14-4)17-15-19(18-20(23)24)25-27(9,10)21(5,6)7/h11,19H,1,12-18H2,2-10H3,(H,23,24)/t19-,22?/m1/s1. The molecule has 0 aromatic carbocycles. The zero-order chi connectivity index (χ0) is 22.2. The highest BCUT2D eigenvalue weighted by Gasteiger charge is 2.41. The van der Waals surface area contributed by atoms with E-state index < -0.39 is 22.6 Å². The lowest BCUT2D eigenvalue weighted by Crippen LogP contribution is -2.47. The highest BCUT2D eigenvalue weighted by Crippen LogP contribution is 2.39. The first-order valence-corrected chi connectivity index (χ1v) is 16.3. The first kappa shape index (κ1) is 27.6. The molecule has 166 valence electrons. The Balaban J connectivity index is 5.43. The summed E-state index contributed by atoms with van der Waals surface area (Å²) in [5, 5.41) is 9.47. The van der Waals surface area contributed by atoms with Crippen molar-refractivity contribution in [1.29, 1.82) is 0 Å². The molecule has 6 heteroatoms. The molecule has 0 saturated carbocycles. The highest BCUT2D eigenvalue weighted by molar-refractivity contribution is 6.74. The van der Waals surface area contributed by atoms with Gasteiger partial charge in [-0.3, -0.25) is 4.79 Å². The van der Waals surface area contributed by atoms with Crippen molar-refractivity contribution in [3.8, 4) is 0 Å². The Morgan fingerprint density at radius 3 is 1.96 bits per heavy atom. The summed E-state index contributed by atoms with van der Waals surface area (Å²) in [4.78, 5) is 11.5. The van der Waals surface area contributed by atoms with Gasteiger partial charge in [0.05, 0.1) is 18.1 Å². The second-order valence-corrected chi connectivity index (χ2v) is 19.4. The van der Waals surface area contributed by atoms with Gasteiger partial charge < -0.3 is 14.0 Å². The van der Waals surface area contributed by atoms with Gasteiger partial charge in [-0.05, 0) is 62.5 Å². The van der Waals surface area contributed by atoms with Crippen molar-refractivity contribution >= 4 is 22.6 Å². The molecule has 0 aliphatic heterocycles. The molecule has 0 fully saturated rings. The normalized spacial score (nSPS) is 16.5. The lowest BCUT2D eigenvalue weighted by molar-refractivity contribution is -0.139. The zero-order valence-electron chi connectivity index (χ0n) is 20.0. The van der Waals surface area contributed by atoms with E-state index in [4.69, 9.17) is 8.85 Å². The molecule has 28 heavy (non-hydrogen) atoms. The summed E-state index contributed by atoms with van der Waals surface area (Å²) in [6, 6.07) is 3.31. The van der Waals surface area contributed by atoms with Gasteiger partial charge in [-0.25, -0.2) is 0 Å². The smallest absolute Gasteiger partial charge is 0.305 e. The molecule has 0 bridgehead atoms. The van der Waals surface area contributed by atoms with Crippen LogP contribution in [-0.2, 0) is 13.6 Å². The molecule has 0 amide bonds. The average molecular weight is 431 g/mol. The van der Waals surface area contributed by atoms with Crippen LogP contribution >= 0.6 is 0 Å². The molecule has 0 aliphatic carbocycles. The van der Waals surface area contributed by atoms with E-state index in [1.165, 1.54) is 0 Å². The SMILES string of the molecule is C=CCC(C)(CC[C@H](CC(=O)O)O[Si](C)(C)C(C)(C)C)O[Si](CC)(CC)CC. The number of carboxylic acid groups (broad SMARTS) is 1. The molecule has 1 N–H and O–H groups in total. The van der Waals surface area contributed by atoms with Crippen molar-refractivity contribution in [1.82, 2.24) is 0 Å². The fourth-order valence-electron chi connectivity index (χ4n) is 3.45. The molecular weight excluding hydrogens is 384 g/mol. The summed E-state index contributed by atoms with van der Waals surface area (Å²) < 4.78 is 13.3. The fraction of sp³-hybridized carbons (Fsp3) is 0.864. The van der Waals surface area contributed by atoms with Crippen LogP contribution in [0.1, 0.15) is 74.1 Å². The first-order chi connectivity index (χ1) is 12.7. The summed E-state index contributed by atoms with van der Waals surface area (Å²) in [6.07, 6.45) is 3.98. The van der Waals surface area contributed by atoms with E-state index in [9.17, 15) is 9.90 Å². The van der Waals surface area contributed by atoms with Crippen molar-refractivity contribution in [2.24, 2.45) is 0 Å². The quantitative estimate of drug-likeness (QED) is 0.238. The third kappa shape index (κ3) is 8.51. The Labute approximate surface area is 176 Å². The average Bonchev–Trinajstić information content (AvgIpc) is 2.56. The van der Waals surface area contributed by atoms with E-state index in [1.807, 2.05) is 6.08 Å². The van der Waals surface area contributed by atoms with E-state index in [0.29, 0.717) is 6.42 Å². The Morgan fingerprint density at radius 2 is 1.61 bits per heavy atom. The van der Waals surface area contributed by atoms with Crippen LogP contribution in [-0.4, -0.2) is 39.4 Å². The van der Waals surface area contributed by atoms with Gasteiger partial charge in [0.2, 0.25) is 0 Å². The third-order valence-corrected chi connectivity index (χ3v) is 16.0. The summed E-state index contributed by atoms with van der Waals surface area (Å²) >= 11 is 0. The van der Waals surface area contributed by atoms with Crippen molar-refractivity contribution in [2.45, 2.75) is 122 Å². The minimum atomic E-state index is -2.03. The van der Waals surface area contributed by atoms with Crippen LogP contribution in [0.5, 0.6) is 0 Å². The summed E-state index contributed by atoms with van der Waals surface area (Å²) in [5.74, 6) is -0.797. The van der Waals surface area contributed by atoms with E-state index in [1.54, 1.807) is 0 Å². The van der Waals surface area contributed by atoms with Crippen molar-refractivity contribution in [2.75, 3.05) is 0 Å². The maximum Gasteiger partial charge on any atom is 0.305 e. The molecule has 4 nitrogen and oxygen atoms in total. The third-order valence-electron chi connectivity index (χ3n) is 6.64. The second-order valence-electron chi connectivity index (χ2n) is 9.93. The first-order valence-electron chi connectivity index (χ1n) is 10.9. The Kier molecular flexibility index (Phi) is 10.9. The van der Waals surface area contributed by atoms with Crippen LogP contribution in [0.4, 0.5) is 0 Å². The molecule has 0 heterocycles. The molecule has 0 radical (unpaired) electrons. The summed E-state index contributed by atoms with van der Waals surface area (Å²) in [5.41, 5.74) is -0.302. The maximum absolute atomic E-state index is 11.5. The fourth-order valence-corrected chi connectivity index (χ4v) is 8.00. The molecular formula is C22H46O4Si2. The highest BCUT2D eigenvalue weighted by atomic mass is 28.4. The molecule has 0 aromatic rings. The van der Waals surface area contributed by atoms with Crippen LogP contribution in [0.3, 0.4) is 0 Å².